The number of nitrogens with one attached hydrogen (secondary N) is 1. The van der Waals surface area contributed by atoms with E-state index in [0.29, 0.717) is 5.92 Å². The van der Waals surface area contributed by atoms with Gasteiger partial charge in [0.15, 0.2) is 0 Å². The molecule has 3 atom stereocenters. The maximum atomic E-state index is 12.0. The van der Waals surface area contributed by atoms with Crippen LogP contribution in [0.5, 0.6) is 0 Å². The zero-order valence-electron chi connectivity index (χ0n) is 11.9. The van der Waals surface area contributed by atoms with E-state index in [1.165, 1.54) is 24.8 Å². The Morgan fingerprint density at radius 2 is 1.95 bits per heavy atom. The minimum atomic E-state index is -0.445. The van der Waals surface area contributed by atoms with Gasteiger partial charge >= 0.3 is 0 Å². The molecule has 0 saturated heterocycles. The van der Waals surface area contributed by atoms with E-state index in [1.54, 1.807) is 0 Å². The summed E-state index contributed by atoms with van der Waals surface area (Å²) in [5, 5.41) is 3.05. The number of amides is 1. The standard InChI is InChI=1S/C17H20ClNO/c1-17(2)13-8-9(3-4-14(13)19-16(17)20)15(18)12-6-10-5-11(10)7-12/h3-4,8,10-12,15H,5-7H2,1-2H3,(H,19,20). The van der Waals surface area contributed by atoms with E-state index in [4.69, 9.17) is 11.6 Å². The van der Waals surface area contributed by atoms with Gasteiger partial charge in [0, 0.05) is 5.69 Å². The molecular weight excluding hydrogens is 270 g/mol. The number of carbonyl (C=O) groups excluding carboxylic acids is 1. The van der Waals surface area contributed by atoms with Crippen LogP contribution in [0.3, 0.4) is 0 Å². The zero-order chi connectivity index (χ0) is 14.1. The Morgan fingerprint density at radius 1 is 1.25 bits per heavy atom. The highest BCUT2D eigenvalue weighted by Gasteiger charge is 2.48. The van der Waals surface area contributed by atoms with Gasteiger partial charge in [0.1, 0.15) is 0 Å². The van der Waals surface area contributed by atoms with Gasteiger partial charge in [0.25, 0.3) is 0 Å². The van der Waals surface area contributed by atoms with Gasteiger partial charge in [-0.25, -0.2) is 0 Å². The second-order valence-corrected chi connectivity index (χ2v) is 7.74. The molecule has 3 unspecified atom stereocenters. The van der Waals surface area contributed by atoms with Crippen molar-refractivity contribution in [3.8, 4) is 0 Å². The van der Waals surface area contributed by atoms with E-state index in [-0.39, 0.29) is 11.3 Å². The van der Waals surface area contributed by atoms with Crippen molar-refractivity contribution >= 4 is 23.2 Å². The van der Waals surface area contributed by atoms with Crippen molar-refractivity contribution in [2.75, 3.05) is 5.32 Å². The van der Waals surface area contributed by atoms with E-state index < -0.39 is 5.41 Å². The SMILES string of the molecule is CC1(C)C(=O)Nc2ccc(C(Cl)C3CC4CC4C3)cc21. The second kappa shape index (κ2) is 4.00. The number of anilines is 1. The molecule has 1 aromatic carbocycles. The summed E-state index contributed by atoms with van der Waals surface area (Å²) in [6, 6.07) is 6.25. The summed E-state index contributed by atoms with van der Waals surface area (Å²) in [7, 11) is 0. The third-order valence-electron chi connectivity index (χ3n) is 5.55. The average molecular weight is 290 g/mol. The number of rotatable bonds is 2. The fraction of sp³-hybridized carbons (Fsp3) is 0.588. The monoisotopic (exact) mass is 289 g/mol. The van der Waals surface area contributed by atoms with Crippen LogP contribution in [0.1, 0.15) is 49.6 Å². The van der Waals surface area contributed by atoms with Crippen LogP contribution in [0.25, 0.3) is 0 Å². The lowest BCUT2D eigenvalue weighted by Crippen LogP contribution is -2.26. The zero-order valence-corrected chi connectivity index (χ0v) is 12.7. The lowest BCUT2D eigenvalue weighted by molar-refractivity contribution is -0.119. The van der Waals surface area contributed by atoms with Crippen molar-refractivity contribution in [3.63, 3.8) is 0 Å². The predicted molar refractivity (Wildman–Crippen MR) is 81.0 cm³/mol. The van der Waals surface area contributed by atoms with Crippen LogP contribution in [0.2, 0.25) is 0 Å². The Bertz CT molecular complexity index is 585. The molecule has 2 nitrogen and oxygen atoms in total. The van der Waals surface area contributed by atoms with Crippen molar-refractivity contribution in [2.24, 2.45) is 17.8 Å². The quantitative estimate of drug-likeness (QED) is 0.811. The Balaban J connectivity index is 1.64. The van der Waals surface area contributed by atoms with Gasteiger partial charge in [-0.3, -0.25) is 4.79 Å². The maximum absolute atomic E-state index is 12.0. The smallest absolute Gasteiger partial charge is 0.234 e. The van der Waals surface area contributed by atoms with Crippen LogP contribution in [0.4, 0.5) is 5.69 Å². The summed E-state index contributed by atoms with van der Waals surface area (Å²) in [6.45, 7) is 3.96. The second-order valence-electron chi connectivity index (χ2n) is 7.27. The normalized spacial score (nSPS) is 34.4. The number of fused-ring (bicyclic) bond motifs is 2. The summed E-state index contributed by atoms with van der Waals surface area (Å²) in [5.41, 5.74) is 2.77. The summed E-state index contributed by atoms with van der Waals surface area (Å²) < 4.78 is 0. The molecule has 1 N–H and O–H groups in total. The number of halogens is 1. The van der Waals surface area contributed by atoms with Crippen LogP contribution >= 0.6 is 11.6 Å². The fourth-order valence-corrected chi connectivity index (χ4v) is 4.37. The van der Waals surface area contributed by atoms with E-state index in [1.807, 2.05) is 19.9 Å². The molecule has 0 bridgehead atoms. The van der Waals surface area contributed by atoms with E-state index >= 15 is 0 Å². The van der Waals surface area contributed by atoms with Gasteiger partial charge < -0.3 is 5.32 Å². The molecule has 3 aliphatic rings. The van der Waals surface area contributed by atoms with Crippen LogP contribution < -0.4 is 5.32 Å². The Labute approximate surface area is 124 Å². The van der Waals surface area contributed by atoms with Gasteiger partial charge in [-0.15, -0.1) is 11.6 Å². The number of hydrogen-bond acceptors (Lipinski definition) is 1. The molecule has 0 aromatic heterocycles. The molecular formula is C17H20ClNO. The van der Waals surface area contributed by atoms with Crippen molar-refractivity contribution in [1.82, 2.24) is 0 Å². The summed E-state index contributed by atoms with van der Waals surface area (Å²) >= 11 is 6.72. The Kier molecular flexibility index (Phi) is 2.54. The van der Waals surface area contributed by atoms with Gasteiger partial charge in [-0.1, -0.05) is 12.1 Å². The first kappa shape index (κ1) is 12.7. The van der Waals surface area contributed by atoms with E-state index in [9.17, 15) is 4.79 Å². The highest BCUT2D eigenvalue weighted by Crippen LogP contribution is 2.58. The number of alkyl halides is 1. The van der Waals surface area contributed by atoms with Gasteiger partial charge in [0.05, 0.1) is 10.8 Å². The third kappa shape index (κ3) is 1.74. The van der Waals surface area contributed by atoms with Crippen molar-refractivity contribution in [2.45, 2.75) is 43.9 Å². The Hall–Kier alpha value is -1.02. The number of benzene rings is 1. The minimum Gasteiger partial charge on any atom is -0.325 e. The number of hydrogen-bond donors (Lipinski definition) is 1. The lowest BCUT2D eigenvalue weighted by atomic mass is 9.84. The van der Waals surface area contributed by atoms with Crippen LogP contribution in [0.15, 0.2) is 18.2 Å². The van der Waals surface area contributed by atoms with Crippen molar-refractivity contribution in [1.29, 1.82) is 0 Å². The van der Waals surface area contributed by atoms with Gasteiger partial charge in [-0.05, 0) is 68.1 Å². The first-order valence-electron chi connectivity index (χ1n) is 7.57. The van der Waals surface area contributed by atoms with Crippen LogP contribution in [-0.2, 0) is 10.2 Å². The molecule has 0 radical (unpaired) electrons. The van der Waals surface area contributed by atoms with Gasteiger partial charge in [0.2, 0.25) is 5.91 Å². The summed E-state index contributed by atoms with van der Waals surface area (Å²) in [6.07, 6.45) is 4.00. The number of carbonyl (C=O) groups is 1. The highest BCUT2D eigenvalue weighted by atomic mass is 35.5. The molecule has 2 saturated carbocycles. The summed E-state index contributed by atoms with van der Waals surface area (Å²) in [4.78, 5) is 12.0. The largest absolute Gasteiger partial charge is 0.325 e. The molecule has 4 rings (SSSR count). The molecule has 20 heavy (non-hydrogen) atoms. The molecule has 2 fully saturated rings. The predicted octanol–water partition coefficient (Wildman–Crippen LogP) is 4.24. The highest BCUT2D eigenvalue weighted by molar-refractivity contribution is 6.21. The van der Waals surface area contributed by atoms with Crippen LogP contribution in [-0.4, -0.2) is 5.91 Å². The third-order valence-corrected chi connectivity index (χ3v) is 6.15. The molecule has 2 aliphatic carbocycles. The maximum Gasteiger partial charge on any atom is 0.234 e. The first-order chi connectivity index (χ1) is 9.46. The molecule has 1 heterocycles. The minimum absolute atomic E-state index is 0.0814. The van der Waals surface area contributed by atoms with E-state index in [0.717, 1.165) is 23.1 Å². The molecule has 1 amide bonds. The van der Waals surface area contributed by atoms with Gasteiger partial charge in [-0.2, -0.15) is 0 Å². The average Bonchev–Trinajstić information content (AvgIpc) is 2.96. The first-order valence-corrected chi connectivity index (χ1v) is 8.00. The topological polar surface area (TPSA) is 29.1 Å². The molecule has 106 valence electrons. The van der Waals surface area contributed by atoms with Crippen molar-refractivity contribution in [3.05, 3.63) is 29.3 Å². The Morgan fingerprint density at radius 3 is 2.65 bits per heavy atom. The summed E-state index contributed by atoms with van der Waals surface area (Å²) in [5.74, 6) is 2.61. The molecule has 1 aromatic rings. The van der Waals surface area contributed by atoms with Crippen molar-refractivity contribution < 1.29 is 4.79 Å². The van der Waals surface area contributed by atoms with Crippen LogP contribution in [0, 0.1) is 17.8 Å². The molecule has 3 heteroatoms. The van der Waals surface area contributed by atoms with E-state index in [2.05, 4.69) is 17.4 Å². The fourth-order valence-electron chi connectivity index (χ4n) is 4.03. The molecule has 1 aliphatic heterocycles. The lowest BCUT2D eigenvalue weighted by Gasteiger charge is -2.21. The molecule has 0 spiro atoms.